The maximum Gasteiger partial charge on any atom is 0.294 e. The monoisotopic (exact) mass is 292 g/mol. The molecule has 1 fully saturated rings. The maximum atomic E-state index is 12.6. The number of nitro benzene ring substituents is 1. The second-order valence-electron chi connectivity index (χ2n) is 5.49. The number of benzene rings is 1. The third-order valence-electron chi connectivity index (χ3n) is 4.23. The van der Waals surface area contributed by atoms with Crippen LogP contribution < -0.4 is 11.3 Å². The molecule has 0 bridgehead atoms. The summed E-state index contributed by atoms with van der Waals surface area (Å²) < 4.78 is 0. The highest BCUT2D eigenvalue weighted by Gasteiger charge is 2.30. The van der Waals surface area contributed by atoms with Crippen molar-refractivity contribution in [1.29, 1.82) is 0 Å². The van der Waals surface area contributed by atoms with E-state index in [1.807, 2.05) is 6.92 Å². The highest BCUT2D eigenvalue weighted by Crippen LogP contribution is 2.28. The van der Waals surface area contributed by atoms with Gasteiger partial charge >= 0.3 is 0 Å². The number of nitrogens with one attached hydrogen (secondary N) is 1. The van der Waals surface area contributed by atoms with Gasteiger partial charge in [0.15, 0.2) is 0 Å². The van der Waals surface area contributed by atoms with Gasteiger partial charge in [0.2, 0.25) is 0 Å². The molecule has 0 aromatic heterocycles. The van der Waals surface area contributed by atoms with Crippen LogP contribution in [0.1, 0.15) is 37.0 Å². The van der Waals surface area contributed by atoms with Crippen LogP contribution in [0.5, 0.6) is 0 Å². The van der Waals surface area contributed by atoms with Crippen LogP contribution in [0.15, 0.2) is 18.2 Å². The van der Waals surface area contributed by atoms with Crippen molar-refractivity contribution in [2.45, 2.75) is 32.7 Å². The summed E-state index contributed by atoms with van der Waals surface area (Å²) in [7, 11) is 0. The zero-order chi connectivity index (χ0) is 15.6. The fraction of sp³-hybridized carbons (Fsp3) is 0.500. The molecule has 114 valence electrons. The Hall–Kier alpha value is -2.15. The molecule has 2 rings (SSSR count). The summed E-state index contributed by atoms with van der Waals surface area (Å²) in [5.74, 6) is 5.51. The van der Waals surface area contributed by atoms with E-state index in [1.165, 1.54) is 12.1 Å². The molecule has 0 saturated carbocycles. The van der Waals surface area contributed by atoms with Crippen molar-refractivity contribution in [3.63, 3.8) is 0 Å². The van der Waals surface area contributed by atoms with Crippen LogP contribution in [0.4, 0.5) is 11.4 Å². The maximum absolute atomic E-state index is 12.6. The molecule has 0 spiro atoms. The Balaban J connectivity index is 2.31. The average molecular weight is 292 g/mol. The number of carbonyl (C=O) groups is 1. The molecule has 7 heteroatoms. The van der Waals surface area contributed by atoms with Gasteiger partial charge < -0.3 is 10.3 Å². The zero-order valence-corrected chi connectivity index (χ0v) is 12.2. The summed E-state index contributed by atoms with van der Waals surface area (Å²) in [6.07, 6.45) is 2.06. The first-order valence-electron chi connectivity index (χ1n) is 7.01. The van der Waals surface area contributed by atoms with Crippen LogP contribution in [0, 0.1) is 16.0 Å². The first-order valence-corrected chi connectivity index (χ1v) is 7.01. The average Bonchev–Trinajstić information content (AvgIpc) is 2.48. The van der Waals surface area contributed by atoms with Gasteiger partial charge in [-0.2, -0.15) is 0 Å². The Morgan fingerprint density at radius 2 is 2.19 bits per heavy atom. The second-order valence-corrected chi connectivity index (χ2v) is 5.49. The van der Waals surface area contributed by atoms with Gasteiger partial charge in [0.25, 0.3) is 11.6 Å². The number of nitro groups is 1. The molecule has 7 nitrogen and oxygen atoms in total. The van der Waals surface area contributed by atoms with Crippen molar-refractivity contribution >= 4 is 17.3 Å². The summed E-state index contributed by atoms with van der Waals surface area (Å²) in [5.41, 5.74) is 2.59. The fourth-order valence-electron chi connectivity index (χ4n) is 2.73. The van der Waals surface area contributed by atoms with Gasteiger partial charge in [-0.05, 0) is 37.8 Å². The predicted molar refractivity (Wildman–Crippen MR) is 79.8 cm³/mol. The van der Waals surface area contributed by atoms with E-state index in [9.17, 15) is 14.9 Å². The van der Waals surface area contributed by atoms with E-state index >= 15 is 0 Å². The molecule has 1 aromatic carbocycles. The van der Waals surface area contributed by atoms with Gasteiger partial charge in [-0.1, -0.05) is 6.92 Å². The number of amides is 1. The molecule has 1 heterocycles. The number of nitrogens with two attached hydrogens (primary N) is 1. The number of carbonyl (C=O) groups excluding carboxylic acids is 1. The SMILES string of the molecule is CC1CCCN(C(=O)c2ccc(NN)c([N+](=O)[O-])c2)C1C. The Morgan fingerprint density at radius 1 is 1.48 bits per heavy atom. The molecular weight excluding hydrogens is 272 g/mol. The Kier molecular flexibility index (Phi) is 4.42. The van der Waals surface area contributed by atoms with Crippen LogP contribution in [-0.4, -0.2) is 28.3 Å². The van der Waals surface area contributed by atoms with Gasteiger partial charge in [-0.3, -0.25) is 20.8 Å². The van der Waals surface area contributed by atoms with Crippen molar-refractivity contribution in [2.24, 2.45) is 11.8 Å². The zero-order valence-electron chi connectivity index (χ0n) is 12.2. The molecule has 1 aromatic rings. The quantitative estimate of drug-likeness (QED) is 0.505. The summed E-state index contributed by atoms with van der Waals surface area (Å²) in [6, 6.07) is 4.45. The lowest BCUT2D eigenvalue weighted by Crippen LogP contribution is -2.46. The van der Waals surface area contributed by atoms with Crippen LogP contribution in [-0.2, 0) is 0 Å². The number of nitrogen functional groups attached to an aromatic ring is 1. The standard InChI is InChI=1S/C14H20N4O3/c1-9-4-3-7-17(10(9)2)14(19)11-5-6-12(16-15)13(8-11)18(20)21/h5-6,8-10,16H,3-4,7,15H2,1-2H3. The number of nitrogens with zero attached hydrogens (tertiary/aromatic N) is 2. The normalized spacial score (nSPS) is 22.0. The summed E-state index contributed by atoms with van der Waals surface area (Å²) in [5, 5.41) is 11.0. The van der Waals surface area contributed by atoms with Crippen LogP contribution in [0.25, 0.3) is 0 Å². The van der Waals surface area contributed by atoms with Gasteiger partial charge in [-0.25, -0.2) is 0 Å². The first-order chi connectivity index (χ1) is 9.95. The number of rotatable bonds is 3. The van der Waals surface area contributed by atoms with E-state index in [-0.39, 0.29) is 23.3 Å². The summed E-state index contributed by atoms with van der Waals surface area (Å²) in [4.78, 5) is 24.9. The smallest absolute Gasteiger partial charge is 0.294 e. The lowest BCUT2D eigenvalue weighted by molar-refractivity contribution is -0.384. The number of anilines is 1. The third kappa shape index (κ3) is 2.97. The Bertz CT molecular complexity index is 561. The number of hydrogen-bond acceptors (Lipinski definition) is 5. The molecular formula is C14H20N4O3. The fourth-order valence-corrected chi connectivity index (χ4v) is 2.73. The molecule has 21 heavy (non-hydrogen) atoms. The molecule has 2 atom stereocenters. The molecule has 3 N–H and O–H groups in total. The van der Waals surface area contributed by atoms with Crippen molar-refractivity contribution in [3.8, 4) is 0 Å². The summed E-state index contributed by atoms with van der Waals surface area (Å²) in [6.45, 7) is 4.83. The van der Waals surface area contributed by atoms with E-state index in [4.69, 9.17) is 5.84 Å². The second kappa shape index (κ2) is 6.09. The molecule has 1 amide bonds. The lowest BCUT2D eigenvalue weighted by Gasteiger charge is -2.38. The third-order valence-corrected chi connectivity index (χ3v) is 4.23. The van der Waals surface area contributed by atoms with Gasteiger partial charge in [0.05, 0.1) is 4.92 Å². The molecule has 0 aliphatic carbocycles. The van der Waals surface area contributed by atoms with Crippen LogP contribution >= 0.6 is 0 Å². The molecule has 1 aliphatic rings. The topological polar surface area (TPSA) is 102 Å². The molecule has 1 aliphatic heterocycles. The minimum atomic E-state index is -0.547. The predicted octanol–water partition coefficient (Wildman–Crippen LogP) is 2.14. The van der Waals surface area contributed by atoms with Crippen molar-refractivity contribution in [2.75, 3.05) is 12.0 Å². The van der Waals surface area contributed by atoms with E-state index in [0.29, 0.717) is 18.0 Å². The molecule has 2 unspecified atom stereocenters. The Morgan fingerprint density at radius 3 is 2.81 bits per heavy atom. The van der Waals surface area contributed by atoms with Gasteiger partial charge in [0.1, 0.15) is 5.69 Å². The van der Waals surface area contributed by atoms with E-state index in [1.54, 1.807) is 11.0 Å². The van der Waals surface area contributed by atoms with E-state index in [0.717, 1.165) is 12.8 Å². The van der Waals surface area contributed by atoms with E-state index in [2.05, 4.69) is 12.3 Å². The van der Waals surface area contributed by atoms with E-state index < -0.39 is 4.92 Å². The minimum absolute atomic E-state index is 0.137. The number of hydrazine groups is 1. The van der Waals surface area contributed by atoms with Crippen molar-refractivity contribution < 1.29 is 9.72 Å². The number of piperidine rings is 1. The number of hydrogen-bond donors (Lipinski definition) is 2. The minimum Gasteiger partial charge on any atom is -0.336 e. The molecule has 1 saturated heterocycles. The highest BCUT2D eigenvalue weighted by molar-refractivity contribution is 5.96. The van der Waals surface area contributed by atoms with Gasteiger partial charge in [0, 0.05) is 24.2 Å². The number of likely N-dealkylation sites (tertiary alicyclic amines) is 1. The van der Waals surface area contributed by atoms with Crippen molar-refractivity contribution in [1.82, 2.24) is 4.90 Å². The van der Waals surface area contributed by atoms with Gasteiger partial charge in [-0.15, -0.1) is 0 Å². The first kappa shape index (κ1) is 15.2. The highest BCUT2D eigenvalue weighted by atomic mass is 16.6. The summed E-state index contributed by atoms with van der Waals surface area (Å²) >= 11 is 0. The molecule has 0 radical (unpaired) electrons. The largest absolute Gasteiger partial charge is 0.336 e. The van der Waals surface area contributed by atoms with Crippen LogP contribution in [0.2, 0.25) is 0 Å². The lowest BCUT2D eigenvalue weighted by atomic mass is 9.91. The van der Waals surface area contributed by atoms with Crippen LogP contribution in [0.3, 0.4) is 0 Å². The van der Waals surface area contributed by atoms with Crippen molar-refractivity contribution in [3.05, 3.63) is 33.9 Å². The Labute approximate surface area is 123 Å².